The van der Waals surface area contributed by atoms with E-state index in [1.807, 2.05) is 0 Å². The molecule has 19 heavy (non-hydrogen) atoms. The number of carbonyl (C=O) groups excluding carboxylic acids is 1. The van der Waals surface area contributed by atoms with Gasteiger partial charge in [-0.25, -0.2) is 4.39 Å². The van der Waals surface area contributed by atoms with Crippen LogP contribution in [0.4, 0.5) is 4.39 Å². The summed E-state index contributed by atoms with van der Waals surface area (Å²) in [5.74, 6) is -0.199. The monoisotopic (exact) mass is 268 g/mol. The average molecular weight is 268 g/mol. The first-order valence-electron chi connectivity index (χ1n) is 6.46. The summed E-state index contributed by atoms with van der Waals surface area (Å²) in [6.45, 7) is 4.49. The Morgan fingerprint density at radius 3 is 2.84 bits per heavy atom. The fourth-order valence-electron chi connectivity index (χ4n) is 1.68. The summed E-state index contributed by atoms with van der Waals surface area (Å²) >= 11 is 0. The molecule has 0 aliphatic rings. The Morgan fingerprint density at radius 2 is 2.26 bits per heavy atom. The molecule has 1 atom stereocenters. The molecular weight excluding hydrogens is 247 g/mol. The van der Waals surface area contributed by atoms with E-state index in [9.17, 15) is 9.18 Å². The van der Waals surface area contributed by atoms with Crippen LogP contribution in [0.3, 0.4) is 0 Å². The van der Waals surface area contributed by atoms with Gasteiger partial charge in [0.15, 0.2) is 11.6 Å². The van der Waals surface area contributed by atoms with Crippen LogP contribution in [0.5, 0.6) is 5.75 Å². The summed E-state index contributed by atoms with van der Waals surface area (Å²) < 4.78 is 18.7. The minimum absolute atomic E-state index is 0.0820. The fraction of sp³-hybridized carbons (Fsp3) is 0.500. The highest BCUT2D eigenvalue weighted by Crippen LogP contribution is 2.18. The van der Waals surface area contributed by atoms with E-state index in [0.717, 1.165) is 5.56 Å². The Kier molecular flexibility index (Phi) is 6.29. The summed E-state index contributed by atoms with van der Waals surface area (Å²) in [4.78, 5) is 11.4. The van der Waals surface area contributed by atoms with Gasteiger partial charge in [0.1, 0.15) is 0 Å². The number of benzene rings is 1. The first-order chi connectivity index (χ1) is 9.02. The molecule has 1 amide bonds. The minimum Gasteiger partial charge on any atom is -0.491 e. The number of nitrogens with one attached hydrogen (secondary N) is 1. The molecule has 1 aromatic carbocycles. The van der Waals surface area contributed by atoms with E-state index < -0.39 is 0 Å². The molecule has 1 unspecified atom stereocenters. The SMILES string of the molecule is CCOc1ccc(CCNC(=O)CC(C)N)cc1F. The molecule has 0 saturated heterocycles. The van der Waals surface area contributed by atoms with Crippen molar-refractivity contribution in [3.05, 3.63) is 29.6 Å². The van der Waals surface area contributed by atoms with Gasteiger partial charge in [0.2, 0.25) is 5.91 Å². The molecule has 0 saturated carbocycles. The number of hydrogen-bond acceptors (Lipinski definition) is 3. The van der Waals surface area contributed by atoms with Crippen molar-refractivity contribution in [1.82, 2.24) is 5.32 Å². The minimum atomic E-state index is -0.374. The molecule has 1 rings (SSSR count). The van der Waals surface area contributed by atoms with Crippen LogP contribution in [0.25, 0.3) is 0 Å². The summed E-state index contributed by atoms with van der Waals surface area (Å²) in [5, 5.41) is 2.75. The molecule has 0 aliphatic carbocycles. The number of amides is 1. The highest BCUT2D eigenvalue weighted by Gasteiger charge is 2.06. The zero-order chi connectivity index (χ0) is 14.3. The Balaban J connectivity index is 2.41. The van der Waals surface area contributed by atoms with Crippen molar-refractivity contribution < 1.29 is 13.9 Å². The Morgan fingerprint density at radius 1 is 1.53 bits per heavy atom. The predicted octanol–water partition coefficient (Wildman–Crippen LogP) is 1.62. The highest BCUT2D eigenvalue weighted by atomic mass is 19.1. The first-order valence-corrected chi connectivity index (χ1v) is 6.46. The van der Waals surface area contributed by atoms with Gasteiger partial charge >= 0.3 is 0 Å². The van der Waals surface area contributed by atoms with E-state index >= 15 is 0 Å². The fourth-order valence-corrected chi connectivity index (χ4v) is 1.68. The molecule has 0 heterocycles. The van der Waals surface area contributed by atoms with E-state index in [4.69, 9.17) is 10.5 Å². The maximum absolute atomic E-state index is 13.6. The first kappa shape index (κ1) is 15.4. The van der Waals surface area contributed by atoms with Crippen molar-refractivity contribution >= 4 is 5.91 Å². The quantitative estimate of drug-likeness (QED) is 0.790. The molecule has 0 aliphatic heterocycles. The van der Waals surface area contributed by atoms with E-state index in [-0.39, 0.29) is 23.5 Å². The molecular formula is C14H21FN2O2. The maximum atomic E-state index is 13.6. The molecule has 0 aromatic heterocycles. The van der Waals surface area contributed by atoms with Gasteiger partial charge in [-0.3, -0.25) is 4.79 Å². The lowest BCUT2D eigenvalue weighted by molar-refractivity contribution is -0.121. The van der Waals surface area contributed by atoms with Crippen molar-refractivity contribution in [1.29, 1.82) is 0 Å². The van der Waals surface area contributed by atoms with Crippen LogP contribution < -0.4 is 15.8 Å². The Labute approximate surface area is 113 Å². The van der Waals surface area contributed by atoms with Gasteiger partial charge in [-0.2, -0.15) is 0 Å². The number of nitrogens with two attached hydrogens (primary N) is 1. The van der Waals surface area contributed by atoms with E-state index in [2.05, 4.69) is 5.32 Å². The molecule has 1 aromatic rings. The number of carbonyl (C=O) groups is 1. The highest BCUT2D eigenvalue weighted by molar-refractivity contribution is 5.76. The predicted molar refractivity (Wildman–Crippen MR) is 72.5 cm³/mol. The standard InChI is InChI=1S/C14H21FN2O2/c1-3-19-13-5-4-11(9-12(13)15)6-7-17-14(18)8-10(2)16/h4-5,9-10H,3,6-8,16H2,1-2H3,(H,17,18). The molecule has 4 nitrogen and oxygen atoms in total. The second kappa shape index (κ2) is 7.74. The molecule has 3 N–H and O–H groups in total. The van der Waals surface area contributed by atoms with Gasteiger partial charge in [0.05, 0.1) is 6.61 Å². The zero-order valence-electron chi connectivity index (χ0n) is 11.4. The van der Waals surface area contributed by atoms with Gasteiger partial charge in [0, 0.05) is 19.0 Å². The number of rotatable bonds is 7. The number of hydrogen-bond donors (Lipinski definition) is 2. The lowest BCUT2D eigenvalue weighted by Gasteiger charge is -2.09. The number of ether oxygens (including phenoxy) is 1. The van der Waals surface area contributed by atoms with E-state index in [0.29, 0.717) is 26.0 Å². The summed E-state index contributed by atoms with van der Waals surface area (Å²) in [6.07, 6.45) is 0.881. The Hall–Kier alpha value is -1.62. The van der Waals surface area contributed by atoms with E-state index in [1.54, 1.807) is 26.0 Å². The summed E-state index contributed by atoms with van der Waals surface area (Å²) in [5.41, 5.74) is 6.34. The third-order valence-electron chi connectivity index (χ3n) is 2.54. The molecule has 0 fully saturated rings. The second-order valence-corrected chi connectivity index (χ2v) is 4.48. The van der Waals surface area contributed by atoms with Crippen LogP contribution in [0.2, 0.25) is 0 Å². The maximum Gasteiger partial charge on any atom is 0.221 e. The smallest absolute Gasteiger partial charge is 0.221 e. The third kappa shape index (κ3) is 5.70. The lowest BCUT2D eigenvalue weighted by Crippen LogP contribution is -2.31. The van der Waals surface area contributed by atoms with Crippen molar-refractivity contribution in [2.45, 2.75) is 32.7 Å². The molecule has 0 radical (unpaired) electrons. The summed E-state index contributed by atoms with van der Waals surface area (Å²) in [6, 6.07) is 4.69. The second-order valence-electron chi connectivity index (χ2n) is 4.48. The van der Waals surface area contributed by atoms with Crippen LogP contribution in [0, 0.1) is 5.82 Å². The van der Waals surface area contributed by atoms with Gasteiger partial charge < -0.3 is 15.8 Å². The third-order valence-corrected chi connectivity index (χ3v) is 2.54. The van der Waals surface area contributed by atoms with Crippen LogP contribution in [0.1, 0.15) is 25.8 Å². The Bertz CT molecular complexity index is 422. The van der Waals surface area contributed by atoms with E-state index in [1.165, 1.54) is 6.07 Å². The van der Waals surface area contributed by atoms with Gasteiger partial charge in [-0.05, 0) is 38.0 Å². The normalized spacial score (nSPS) is 12.0. The molecule has 5 heteroatoms. The summed E-state index contributed by atoms with van der Waals surface area (Å²) in [7, 11) is 0. The number of halogens is 1. The van der Waals surface area contributed by atoms with Crippen molar-refractivity contribution in [2.75, 3.05) is 13.2 Å². The van der Waals surface area contributed by atoms with Gasteiger partial charge in [-0.1, -0.05) is 6.07 Å². The van der Waals surface area contributed by atoms with Crippen LogP contribution in [0.15, 0.2) is 18.2 Å². The molecule has 0 bridgehead atoms. The van der Waals surface area contributed by atoms with Crippen molar-refractivity contribution in [2.24, 2.45) is 5.73 Å². The van der Waals surface area contributed by atoms with Crippen LogP contribution >= 0.6 is 0 Å². The van der Waals surface area contributed by atoms with Crippen LogP contribution in [-0.2, 0) is 11.2 Å². The topological polar surface area (TPSA) is 64.3 Å². The van der Waals surface area contributed by atoms with Crippen molar-refractivity contribution in [3.8, 4) is 5.75 Å². The van der Waals surface area contributed by atoms with Crippen LogP contribution in [-0.4, -0.2) is 25.1 Å². The largest absolute Gasteiger partial charge is 0.491 e. The molecule has 106 valence electrons. The van der Waals surface area contributed by atoms with Gasteiger partial charge in [-0.15, -0.1) is 0 Å². The van der Waals surface area contributed by atoms with Gasteiger partial charge in [0.25, 0.3) is 0 Å². The average Bonchev–Trinajstić information content (AvgIpc) is 2.32. The molecule has 0 spiro atoms. The zero-order valence-corrected chi connectivity index (χ0v) is 11.4. The van der Waals surface area contributed by atoms with Crippen molar-refractivity contribution in [3.63, 3.8) is 0 Å². The lowest BCUT2D eigenvalue weighted by atomic mass is 10.1.